The highest BCUT2D eigenvalue weighted by atomic mass is 16.5. The van der Waals surface area contributed by atoms with E-state index in [0.29, 0.717) is 0 Å². The average Bonchev–Trinajstić information content (AvgIpc) is 2.74. The van der Waals surface area contributed by atoms with E-state index in [4.69, 9.17) is 9.47 Å². The van der Waals surface area contributed by atoms with Crippen molar-refractivity contribution in [3.8, 4) is 11.5 Å². The highest BCUT2D eigenvalue weighted by Gasteiger charge is 2.16. The van der Waals surface area contributed by atoms with Crippen LogP contribution in [0.5, 0.6) is 11.5 Å². The van der Waals surface area contributed by atoms with Crippen molar-refractivity contribution in [3.63, 3.8) is 0 Å². The number of aryl methyl sites for hydroxylation is 4. The maximum absolute atomic E-state index is 5.79. The molecule has 0 atom stereocenters. The molecule has 0 amide bonds. The van der Waals surface area contributed by atoms with Crippen molar-refractivity contribution in [1.29, 1.82) is 0 Å². The van der Waals surface area contributed by atoms with Gasteiger partial charge in [-0.2, -0.15) is 0 Å². The van der Waals surface area contributed by atoms with E-state index in [1.807, 2.05) is 12.1 Å². The monoisotopic (exact) mass is 368 g/mol. The summed E-state index contributed by atoms with van der Waals surface area (Å²) in [4.78, 5) is 0. The summed E-state index contributed by atoms with van der Waals surface area (Å²) in [6.45, 7) is 0. The van der Waals surface area contributed by atoms with Crippen LogP contribution in [0, 0.1) is 0 Å². The molecule has 0 saturated carbocycles. The van der Waals surface area contributed by atoms with Gasteiger partial charge < -0.3 is 9.47 Å². The molecule has 0 radical (unpaired) electrons. The molecule has 0 heterocycles. The summed E-state index contributed by atoms with van der Waals surface area (Å²) in [5.74, 6) is 1.81. The van der Waals surface area contributed by atoms with Gasteiger partial charge in [0.05, 0.1) is 14.2 Å². The van der Waals surface area contributed by atoms with Crippen LogP contribution in [0.4, 0.5) is 0 Å². The second-order valence-corrected chi connectivity index (χ2v) is 7.58. The van der Waals surface area contributed by atoms with Gasteiger partial charge in [-0.3, -0.25) is 0 Å². The number of benzene rings is 4. The van der Waals surface area contributed by atoms with Crippen LogP contribution < -0.4 is 9.47 Å². The molecule has 28 heavy (non-hydrogen) atoms. The molecule has 0 unspecified atom stereocenters. The minimum Gasteiger partial charge on any atom is -0.496 e. The summed E-state index contributed by atoms with van der Waals surface area (Å²) >= 11 is 0. The third-order valence-electron chi connectivity index (χ3n) is 6.08. The molecular formula is C26H24O2. The van der Waals surface area contributed by atoms with E-state index in [0.717, 1.165) is 42.6 Å². The molecular weight excluding hydrogens is 344 g/mol. The van der Waals surface area contributed by atoms with Gasteiger partial charge in [0.15, 0.2) is 0 Å². The Morgan fingerprint density at radius 1 is 0.500 bits per heavy atom. The Balaban J connectivity index is 1.84. The van der Waals surface area contributed by atoms with Gasteiger partial charge >= 0.3 is 0 Å². The highest BCUT2D eigenvalue weighted by molar-refractivity contribution is 6.14. The number of rotatable bonds is 2. The Kier molecular flexibility index (Phi) is 4.20. The van der Waals surface area contributed by atoms with E-state index in [1.54, 1.807) is 14.2 Å². The summed E-state index contributed by atoms with van der Waals surface area (Å²) in [6, 6.07) is 22.3. The highest BCUT2D eigenvalue weighted by Crippen LogP contribution is 2.41. The van der Waals surface area contributed by atoms with Crippen molar-refractivity contribution >= 4 is 21.5 Å². The lowest BCUT2D eigenvalue weighted by molar-refractivity contribution is 0.410. The molecule has 4 bridgehead atoms. The van der Waals surface area contributed by atoms with Crippen LogP contribution in [-0.2, 0) is 25.7 Å². The summed E-state index contributed by atoms with van der Waals surface area (Å²) in [6.07, 6.45) is 4.14. The molecule has 2 heteroatoms. The van der Waals surface area contributed by atoms with Gasteiger partial charge in [-0.15, -0.1) is 0 Å². The SMILES string of the molecule is COc1ccc(OC)c2c1ccc1c3ccc(c12)CCc1ccc(cc1)CC3. The van der Waals surface area contributed by atoms with Crippen LogP contribution in [0.25, 0.3) is 21.5 Å². The number of ether oxygens (including phenoxy) is 2. The summed E-state index contributed by atoms with van der Waals surface area (Å²) in [5.41, 5.74) is 5.57. The fourth-order valence-electron chi connectivity index (χ4n) is 4.57. The van der Waals surface area contributed by atoms with Gasteiger partial charge in [-0.1, -0.05) is 42.5 Å². The van der Waals surface area contributed by atoms with Gasteiger partial charge in [-0.05, 0) is 76.9 Å². The Morgan fingerprint density at radius 2 is 1.07 bits per heavy atom. The zero-order valence-corrected chi connectivity index (χ0v) is 16.4. The van der Waals surface area contributed by atoms with Crippen molar-refractivity contribution in [1.82, 2.24) is 0 Å². The van der Waals surface area contributed by atoms with E-state index < -0.39 is 0 Å². The van der Waals surface area contributed by atoms with Gasteiger partial charge in [0.25, 0.3) is 0 Å². The van der Waals surface area contributed by atoms with E-state index >= 15 is 0 Å². The van der Waals surface area contributed by atoms with E-state index in [-0.39, 0.29) is 0 Å². The topological polar surface area (TPSA) is 18.5 Å². The molecule has 0 saturated heterocycles. The molecule has 8 rings (SSSR count). The van der Waals surface area contributed by atoms with Gasteiger partial charge in [0.1, 0.15) is 11.5 Å². The molecule has 140 valence electrons. The number of fused-ring (bicyclic) bond motifs is 1. The Bertz CT molecular complexity index is 1170. The van der Waals surface area contributed by atoms with Crippen LogP contribution >= 0.6 is 0 Å². The Morgan fingerprint density at radius 3 is 1.75 bits per heavy atom. The summed E-state index contributed by atoms with van der Waals surface area (Å²) < 4.78 is 11.4. The fraction of sp³-hybridized carbons (Fsp3) is 0.231. The van der Waals surface area contributed by atoms with Crippen LogP contribution in [0.15, 0.2) is 60.7 Å². The van der Waals surface area contributed by atoms with E-state index in [1.165, 1.54) is 38.4 Å². The normalized spacial score (nSPS) is 13.5. The smallest absolute Gasteiger partial charge is 0.127 e. The van der Waals surface area contributed by atoms with Crippen molar-refractivity contribution in [2.24, 2.45) is 0 Å². The molecule has 0 aliphatic heterocycles. The summed E-state index contributed by atoms with van der Waals surface area (Å²) in [7, 11) is 3.49. The Hall–Kier alpha value is -3.00. The second-order valence-electron chi connectivity index (χ2n) is 7.58. The first-order valence-corrected chi connectivity index (χ1v) is 9.94. The van der Waals surface area contributed by atoms with Gasteiger partial charge in [-0.25, -0.2) is 0 Å². The van der Waals surface area contributed by atoms with Crippen molar-refractivity contribution in [3.05, 3.63) is 82.9 Å². The molecule has 4 aromatic rings. The lowest BCUT2D eigenvalue weighted by atomic mass is 9.88. The predicted molar refractivity (Wildman–Crippen MR) is 116 cm³/mol. The zero-order chi connectivity index (χ0) is 19.1. The predicted octanol–water partition coefficient (Wildman–Crippen LogP) is 5.89. The van der Waals surface area contributed by atoms with Crippen LogP contribution in [0.3, 0.4) is 0 Å². The minimum atomic E-state index is 0.894. The standard InChI is InChI=1S/C26H24O2/c1-27-23-15-16-24(28-2)26-22(23)14-13-21-19-9-7-17-3-5-18(6-4-17)8-10-20(12-11-19)25(21)26/h3-6,11-16H,7-10H2,1-2H3. The van der Waals surface area contributed by atoms with Gasteiger partial charge in [0.2, 0.25) is 0 Å². The lowest BCUT2D eigenvalue weighted by Crippen LogP contribution is -2.01. The molecule has 0 N–H and O–H groups in total. The molecule has 4 aromatic carbocycles. The van der Waals surface area contributed by atoms with Crippen LogP contribution in [-0.4, -0.2) is 14.2 Å². The molecule has 4 aliphatic rings. The van der Waals surface area contributed by atoms with Crippen LogP contribution in [0.1, 0.15) is 22.3 Å². The molecule has 2 nitrogen and oxygen atoms in total. The maximum Gasteiger partial charge on any atom is 0.127 e. The lowest BCUT2D eigenvalue weighted by Gasteiger charge is -2.18. The van der Waals surface area contributed by atoms with E-state index in [9.17, 15) is 0 Å². The third kappa shape index (κ3) is 2.72. The fourth-order valence-corrected chi connectivity index (χ4v) is 4.57. The molecule has 4 aliphatic carbocycles. The van der Waals surface area contributed by atoms with Gasteiger partial charge in [0, 0.05) is 10.8 Å². The number of hydrogen-bond acceptors (Lipinski definition) is 2. The second kappa shape index (κ2) is 6.87. The molecule has 0 aromatic heterocycles. The molecule has 0 fully saturated rings. The van der Waals surface area contributed by atoms with Crippen molar-refractivity contribution < 1.29 is 9.47 Å². The maximum atomic E-state index is 5.79. The quantitative estimate of drug-likeness (QED) is 0.411. The van der Waals surface area contributed by atoms with Crippen molar-refractivity contribution in [2.75, 3.05) is 14.2 Å². The number of methoxy groups -OCH3 is 2. The Labute approximate surface area is 165 Å². The largest absolute Gasteiger partial charge is 0.496 e. The average molecular weight is 368 g/mol. The van der Waals surface area contributed by atoms with Crippen molar-refractivity contribution in [2.45, 2.75) is 25.7 Å². The van der Waals surface area contributed by atoms with Crippen LogP contribution in [0.2, 0.25) is 0 Å². The third-order valence-corrected chi connectivity index (χ3v) is 6.08. The minimum absolute atomic E-state index is 0.894. The first kappa shape index (κ1) is 17.1. The summed E-state index contributed by atoms with van der Waals surface area (Å²) in [5, 5.41) is 4.94. The van der Waals surface area contributed by atoms with E-state index in [2.05, 4.69) is 48.5 Å². The zero-order valence-electron chi connectivity index (χ0n) is 16.4. The molecule has 0 spiro atoms. The first-order valence-electron chi connectivity index (χ1n) is 9.94. The number of hydrogen-bond donors (Lipinski definition) is 0. The first-order chi connectivity index (χ1) is 13.8.